The number of carbonyl (C=O) groups is 1. The van der Waals surface area contributed by atoms with E-state index in [1.165, 1.54) is 0 Å². The summed E-state index contributed by atoms with van der Waals surface area (Å²) in [6.07, 6.45) is 2.49. The van der Waals surface area contributed by atoms with Gasteiger partial charge in [-0.25, -0.2) is 9.97 Å². The number of benzene rings is 1. The first kappa shape index (κ1) is 15.2. The Morgan fingerprint density at radius 2 is 2.22 bits per heavy atom. The quantitative estimate of drug-likeness (QED) is 0.685. The van der Waals surface area contributed by atoms with E-state index in [2.05, 4.69) is 20.3 Å². The lowest BCUT2D eigenvalue weighted by molar-refractivity contribution is 0.0948. The van der Waals surface area contributed by atoms with Crippen molar-refractivity contribution in [3.8, 4) is 11.4 Å². The summed E-state index contributed by atoms with van der Waals surface area (Å²) < 4.78 is 4.97. The first-order chi connectivity index (χ1) is 11.3. The van der Waals surface area contributed by atoms with Gasteiger partial charge in [0.2, 0.25) is 0 Å². The molecule has 2 N–H and O–H groups in total. The number of pyridine rings is 1. The molecule has 118 valence electrons. The van der Waals surface area contributed by atoms with E-state index in [4.69, 9.17) is 4.74 Å². The van der Waals surface area contributed by atoms with Crippen molar-refractivity contribution in [1.29, 1.82) is 0 Å². The molecule has 1 aromatic carbocycles. The van der Waals surface area contributed by atoms with E-state index in [0.29, 0.717) is 30.2 Å². The summed E-state index contributed by atoms with van der Waals surface area (Å²) in [6, 6.07) is 11.2. The summed E-state index contributed by atoms with van der Waals surface area (Å²) in [5.74, 6) is 0.602. The lowest BCUT2D eigenvalue weighted by Crippen LogP contribution is -2.25. The molecule has 0 fully saturated rings. The summed E-state index contributed by atoms with van der Waals surface area (Å²) in [5.41, 5.74) is 3.00. The molecule has 0 bridgehead atoms. The number of aromatic nitrogens is 3. The first-order valence-electron chi connectivity index (χ1n) is 7.46. The molecular formula is C17H18N4O2. The number of nitrogens with one attached hydrogen (secondary N) is 2. The Bertz CT molecular complexity index is 780. The highest BCUT2D eigenvalue weighted by Gasteiger charge is 2.09. The molecular weight excluding hydrogens is 292 g/mol. The minimum absolute atomic E-state index is 0.0998. The topological polar surface area (TPSA) is 79.9 Å². The molecule has 0 aliphatic heterocycles. The van der Waals surface area contributed by atoms with Crippen LogP contribution in [0.5, 0.6) is 0 Å². The molecule has 2 heterocycles. The average Bonchev–Trinajstić information content (AvgIpc) is 3.03. The third-order valence-electron chi connectivity index (χ3n) is 3.47. The molecule has 0 aliphatic rings. The molecule has 1 amide bonds. The highest BCUT2D eigenvalue weighted by molar-refractivity contribution is 5.95. The molecule has 3 rings (SSSR count). The Kier molecular flexibility index (Phi) is 4.63. The molecule has 0 aliphatic carbocycles. The van der Waals surface area contributed by atoms with Crippen LogP contribution in [0.3, 0.4) is 0 Å². The molecule has 0 atom stereocenters. The lowest BCUT2D eigenvalue weighted by atomic mass is 10.1. The number of hydrogen-bond donors (Lipinski definition) is 2. The highest BCUT2D eigenvalue weighted by Crippen LogP contribution is 2.20. The van der Waals surface area contributed by atoms with Crippen LogP contribution >= 0.6 is 0 Å². The van der Waals surface area contributed by atoms with Gasteiger partial charge in [0.15, 0.2) is 5.65 Å². The summed E-state index contributed by atoms with van der Waals surface area (Å²) in [6.45, 7) is 1.22. The highest BCUT2D eigenvalue weighted by atomic mass is 16.5. The van der Waals surface area contributed by atoms with Gasteiger partial charge in [-0.2, -0.15) is 0 Å². The molecule has 3 aromatic rings. The van der Waals surface area contributed by atoms with Gasteiger partial charge in [0.05, 0.1) is 5.52 Å². The zero-order valence-electron chi connectivity index (χ0n) is 12.9. The Morgan fingerprint density at radius 1 is 1.30 bits per heavy atom. The van der Waals surface area contributed by atoms with Crippen LogP contribution in [-0.4, -0.2) is 41.1 Å². The number of H-pyrrole nitrogens is 1. The molecule has 0 saturated carbocycles. The van der Waals surface area contributed by atoms with Gasteiger partial charge in [-0.05, 0) is 30.7 Å². The lowest BCUT2D eigenvalue weighted by Gasteiger charge is -2.06. The van der Waals surface area contributed by atoms with Gasteiger partial charge in [-0.15, -0.1) is 0 Å². The number of aromatic amines is 1. The number of hydrogen-bond acceptors (Lipinski definition) is 4. The second kappa shape index (κ2) is 7.02. The van der Waals surface area contributed by atoms with Crippen LogP contribution in [0.15, 0.2) is 42.6 Å². The molecule has 23 heavy (non-hydrogen) atoms. The Hall–Kier alpha value is -2.73. The monoisotopic (exact) mass is 310 g/mol. The molecule has 6 nitrogen and oxygen atoms in total. The van der Waals surface area contributed by atoms with E-state index in [-0.39, 0.29) is 5.91 Å². The Morgan fingerprint density at radius 3 is 3.04 bits per heavy atom. The second-order valence-electron chi connectivity index (χ2n) is 5.14. The maximum Gasteiger partial charge on any atom is 0.251 e. The van der Waals surface area contributed by atoms with Crippen LogP contribution in [0.4, 0.5) is 0 Å². The third kappa shape index (κ3) is 3.54. The van der Waals surface area contributed by atoms with Gasteiger partial charge in [0.25, 0.3) is 5.91 Å². The molecule has 6 heteroatoms. The van der Waals surface area contributed by atoms with Crippen molar-refractivity contribution in [3.05, 3.63) is 48.2 Å². The van der Waals surface area contributed by atoms with Crippen molar-refractivity contribution >= 4 is 17.1 Å². The van der Waals surface area contributed by atoms with E-state index in [1.54, 1.807) is 19.4 Å². The maximum atomic E-state index is 12.2. The van der Waals surface area contributed by atoms with E-state index in [0.717, 1.165) is 17.5 Å². The molecule has 0 radical (unpaired) electrons. The zero-order chi connectivity index (χ0) is 16.1. The predicted octanol–water partition coefficient (Wildman–Crippen LogP) is 2.39. The number of methoxy groups -OCH3 is 1. The van der Waals surface area contributed by atoms with Crippen LogP contribution in [-0.2, 0) is 4.74 Å². The van der Waals surface area contributed by atoms with Gasteiger partial charge in [0, 0.05) is 37.6 Å². The SMILES string of the molecule is COCCCNC(=O)c1cccc(-c2nc3ncccc3[nH]2)c1. The smallest absolute Gasteiger partial charge is 0.251 e. The van der Waals surface area contributed by atoms with E-state index in [1.807, 2.05) is 30.3 Å². The van der Waals surface area contributed by atoms with Crippen LogP contribution in [0.25, 0.3) is 22.6 Å². The number of imidazole rings is 1. The number of carbonyl (C=O) groups excluding carboxylic acids is 1. The fourth-order valence-corrected chi connectivity index (χ4v) is 2.31. The van der Waals surface area contributed by atoms with Crippen molar-refractivity contribution in [2.75, 3.05) is 20.3 Å². The number of amides is 1. The fourth-order valence-electron chi connectivity index (χ4n) is 2.31. The van der Waals surface area contributed by atoms with E-state index in [9.17, 15) is 4.79 Å². The zero-order valence-corrected chi connectivity index (χ0v) is 12.9. The second-order valence-corrected chi connectivity index (χ2v) is 5.14. The first-order valence-corrected chi connectivity index (χ1v) is 7.46. The molecule has 0 saturated heterocycles. The van der Waals surface area contributed by atoms with E-state index < -0.39 is 0 Å². The Balaban J connectivity index is 1.78. The van der Waals surface area contributed by atoms with Crippen molar-refractivity contribution in [1.82, 2.24) is 20.3 Å². The number of fused-ring (bicyclic) bond motifs is 1. The molecule has 0 spiro atoms. The van der Waals surface area contributed by atoms with Gasteiger partial charge in [0.1, 0.15) is 5.82 Å². The summed E-state index contributed by atoms with van der Waals surface area (Å²) in [7, 11) is 1.65. The summed E-state index contributed by atoms with van der Waals surface area (Å²) in [5, 5.41) is 2.88. The summed E-state index contributed by atoms with van der Waals surface area (Å²) >= 11 is 0. The van der Waals surface area contributed by atoms with Crippen LogP contribution < -0.4 is 5.32 Å². The van der Waals surface area contributed by atoms with Gasteiger partial charge >= 0.3 is 0 Å². The number of ether oxygens (including phenoxy) is 1. The minimum atomic E-state index is -0.0998. The largest absolute Gasteiger partial charge is 0.385 e. The average molecular weight is 310 g/mol. The minimum Gasteiger partial charge on any atom is -0.385 e. The molecule has 2 aromatic heterocycles. The predicted molar refractivity (Wildman–Crippen MR) is 88.2 cm³/mol. The van der Waals surface area contributed by atoms with Crippen LogP contribution in [0.1, 0.15) is 16.8 Å². The van der Waals surface area contributed by atoms with Gasteiger partial charge in [-0.1, -0.05) is 12.1 Å². The van der Waals surface area contributed by atoms with Crippen molar-refractivity contribution in [3.63, 3.8) is 0 Å². The number of nitrogens with zero attached hydrogens (tertiary/aromatic N) is 2. The maximum absolute atomic E-state index is 12.2. The van der Waals surface area contributed by atoms with Crippen LogP contribution in [0.2, 0.25) is 0 Å². The summed E-state index contributed by atoms with van der Waals surface area (Å²) in [4.78, 5) is 24.0. The van der Waals surface area contributed by atoms with Crippen LogP contribution in [0, 0.1) is 0 Å². The fraction of sp³-hybridized carbons (Fsp3) is 0.235. The van der Waals surface area contributed by atoms with Crippen molar-refractivity contribution in [2.45, 2.75) is 6.42 Å². The number of rotatable bonds is 6. The van der Waals surface area contributed by atoms with Gasteiger partial charge < -0.3 is 15.0 Å². The standard InChI is InChI=1S/C17H18N4O2/c1-23-10-4-9-19-17(22)13-6-2-5-12(11-13)15-20-14-7-3-8-18-16(14)21-15/h2-3,5-8,11H,4,9-10H2,1H3,(H,19,22)(H,18,20,21). The third-order valence-corrected chi connectivity index (χ3v) is 3.47. The molecule has 0 unspecified atom stereocenters. The Labute approximate surface area is 133 Å². The van der Waals surface area contributed by atoms with Crippen molar-refractivity contribution < 1.29 is 9.53 Å². The van der Waals surface area contributed by atoms with Gasteiger partial charge in [-0.3, -0.25) is 4.79 Å². The van der Waals surface area contributed by atoms with E-state index >= 15 is 0 Å². The normalized spacial score (nSPS) is 10.8. The van der Waals surface area contributed by atoms with Crippen molar-refractivity contribution in [2.24, 2.45) is 0 Å².